The van der Waals surface area contributed by atoms with Gasteiger partial charge < -0.3 is 15.5 Å². The lowest BCUT2D eigenvalue weighted by atomic mass is 10.2. The number of aromatic nitrogens is 1. The lowest BCUT2D eigenvalue weighted by molar-refractivity contribution is -0.129. The van der Waals surface area contributed by atoms with Crippen LogP contribution in [0.25, 0.3) is 0 Å². The summed E-state index contributed by atoms with van der Waals surface area (Å²) in [6.07, 6.45) is 1.44. The van der Waals surface area contributed by atoms with Crippen molar-refractivity contribution in [2.45, 2.75) is 0 Å². The molecular formula is C12H16N4O2S. The fourth-order valence-corrected chi connectivity index (χ4v) is 1.40. The van der Waals surface area contributed by atoms with Crippen LogP contribution in [0.4, 0.5) is 0 Å². The summed E-state index contributed by atoms with van der Waals surface area (Å²) in [7, 11) is 4.82. The monoisotopic (exact) mass is 280 g/mol. The number of likely N-dealkylation sites (N-methyl/N-ethyl adjacent to an activating group) is 2. The third-order valence-electron chi connectivity index (χ3n) is 2.49. The van der Waals surface area contributed by atoms with Gasteiger partial charge in [-0.3, -0.25) is 14.6 Å². The van der Waals surface area contributed by atoms with Crippen molar-refractivity contribution in [1.29, 1.82) is 0 Å². The van der Waals surface area contributed by atoms with Crippen molar-refractivity contribution >= 4 is 29.0 Å². The van der Waals surface area contributed by atoms with Crippen molar-refractivity contribution in [3.8, 4) is 0 Å². The van der Waals surface area contributed by atoms with Crippen LogP contribution in [0.15, 0.2) is 18.3 Å². The van der Waals surface area contributed by atoms with Gasteiger partial charge in [-0.1, -0.05) is 12.2 Å². The predicted molar refractivity (Wildman–Crippen MR) is 75.8 cm³/mol. The summed E-state index contributed by atoms with van der Waals surface area (Å²) in [6.45, 7) is 0.00453. The average Bonchev–Trinajstić information content (AvgIpc) is 2.37. The van der Waals surface area contributed by atoms with Crippen molar-refractivity contribution in [1.82, 2.24) is 14.8 Å². The van der Waals surface area contributed by atoms with E-state index in [1.165, 1.54) is 22.1 Å². The van der Waals surface area contributed by atoms with E-state index >= 15 is 0 Å². The Labute approximate surface area is 117 Å². The Morgan fingerprint density at radius 3 is 2.37 bits per heavy atom. The number of carbonyl (C=O) groups excluding carboxylic acids is 2. The lowest BCUT2D eigenvalue weighted by Gasteiger charge is -2.18. The summed E-state index contributed by atoms with van der Waals surface area (Å²) in [5, 5.41) is 0. The molecule has 0 spiro atoms. The van der Waals surface area contributed by atoms with E-state index in [0.717, 1.165) is 0 Å². The fourth-order valence-electron chi connectivity index (χ4n) is 1.28. The molecule has 1 aromatic rings. The van der Waals surface area contributed by atoms with Gasteiger partial charge in [0.2, 0.25) is 5.91 Å². The number of nitrogens with two attached hydrogens (primary N) is 1. The summed E-state index contributed by atoms with van der Waals surface area (Å²) in [5.74, 6) is -0.486. The van der Waals surface area contributed by atoms with E-state index in [4.69, 9.17) is 18.0 Å². The molecule has 0 aliphatic rings. The summed E-state index contributed by atoms with van der Waals surface area (Å²) >= 11 is 4.80. The molecule has 0 radical (unpaired) electrons. The molecule has 1 heterocycles. The van der Waals surface area contributed by atoms with E-state index in [-0.39, 0.29) is 29.0 Å². The lowest BCUT2D eigenvalue weighted by Crippen LogP contribution is -2.38. The van der Waals surface area contributed by atoms with Gasteiger partial charge in [0.1, 0.15) is 10.7 Å². The van der Waals surface area contributed by atoms with Gasteiger partial charge in [-0.15, -0.1) is 0 Å². The molecule has 0 fully saturated rings. The summed E-state index contributed by atoms with van der Waals surface area (Å²) < 4.78 is 0. The van der Waals surface area contributed by atoms with Crippen LogP contribution in [0.1, 0.15) is 16.1 Å². The highest BCUT2D eigenvalue weighted by molar-refractivity contribution is 7.80. The summed E-state index contributed by atoms with van der Waals surface area (Å²) in [4.78, 5) is 30.5. The molecule has 2 N–H and O–H groups in total. The Morgan fingerprint density at radius 2 is 1.95 bits per heavy atom. The van der Waals surface area contributed by atoms with Gasteiger partial charge in [-0.2, -0.15) is 0 Å². The highest BCUT2D eigenvalue weighted by atomic mass is 32.1. The maximum atomic E-state index is 12.0. The molecule has 0 aliphatic carbocycles. The van der Waals surface area contributed by atoms with E-state index in [9.17, 15) is 9.59 Å². The number of pyridine rings is 1. The molecule has 6 nitrogen and oxygen atoms in total. The molecule has 2 amide bonds. The normalized spacial score (nSPS) is 9.84. The number of rotatable bonds is 4. The van der Waals surface area contributed by atoms with Gasteiger partial charge in [0.05, 0.1) is 6.54 Å². The summed E-state index contributed by atoms with van der Waals surface area (Å²) in [6, 6.07) is 3.16. The Kier molecular flexibility index (Phi) is 4.94. The maximum absolute atomic E-state index is 12.0. The van der Waals surface area contributed by atoms with E-state index < -0.39 is 0 Å². The molecule has 0 saturated heterocycles. The molecule has 19 heavy (non-hydrogen) atoms. The second kappa shape index (κ2) is 6.24. The molecule has 0 saturated carbocycles. The average molecular weight is 280 g/mol. The van der Waals surface area contributed by atoms with Crippen LogP contribution >= 0.6 is 12.2 Å². The van der Waals surface area contributed by atoms with E-state index in [1.807, 2.05) is 0 Å². The molecule has 1 aromatic heterocycles. The van der Waals surface area contributed by atoms with E-state index in [1.54, 1.807) is 27.2 Å². The molecule has 0 unspecified atom stereocenters. The Bertz CT molecular complexity index is 499. The van der Waals surface area contributed by atoms with Gasteiger partial charge in [-0.05, 0) is 12.1 Å². The van der Waals surface area contributed by atoms with E-state index in [0.29, 0.717) is 5.56 Å². The Balaban J connectivity index is 2.77. The fraction of sp³-hybridized carbons (Fsp3) is 0.333. The number of hydrogen-bond donors (Lipinski definition) is 1. The Morgan fingerprint density at radius 1 is 1.32 bits per heavy atom. The van der Waals surface area contributed by atoms with E-state index in [2.05, 4.69) is 4.98 Å². The highest BCUT2D eigenvalue weighted by Crippen LogP contribution is 2.03. The molecule has 1 rings (SSSR count). The Hall–Kier alpha value is -2.02. The van der Waals surface area contributed by atoms with Crippen molar-refractivity contribution in [2.24, 2.45) is 5.73 Å². The first-order valence-corrected chi connectivity index (χ1v) is 5.95. The number of carbonyl (C=O) groups is 2. The minimum Gasteiger partial charge on any atom is -0.389 e. The maximum Gasteiger partial charge on any atom is 0.272 e. The zero-order valence-electron chi connectivity index (χ0n) is 11.1. The molecule has 102 valence electrons. The van der Waals surface area contributed by atoms with Gasteiger partial charge in [0.15, 0.2) is 0 Å². The molecular weight excluding hydrogens is 264 g/mol. The topological polar surface area (TPSA) is 79.5 Å². The molecule has 7 heteroatoms. The number of thiocarbonyl (C=S) groups is 1. The van der Waals surface area contributed by atoms with Gasteiger partial charge >= 0.3 is 0 Å². The second-order valence-electron chi connectivity index (χ2n) is 4.25. The number of amides is 2. The third-order valence-corrected chi connectivity index (χ3v) is 2.72. The standard InChI is InChI=1S/C12H16N4O2S/c1-15(2)10(17)7-16(3)12(18)9-5-4-8(6-14-9)11(13)19/h4-6H,7H2,1-3H3,(H2,13,19). The van der Waals surface area contributed by atoms with Crippen LogP contribution in [0.2, 0.25) is 0 Å². The molecule has 0 aliphatic heterocycles. The predicted octanol–water partition coefficient (Wildman–Crippen LogP) is -0.124. The highest BCUT2D eigenvalue weighted by Gasteiger charge is 2.17. The van der Waals surface area contributed by atoms with Gasteiger partial charge in [0, 0.05) is 32.9 Å². The number of nitrogens with zero attached hydrogens (tertiary/aromatic N) is 3. The first-order valence-electron chi connectivity index (χ1n) is 5.54. The minimum atomic E-state index is -0.329. The van der Waals surface area contributed by atoms with Crippen molar-refractivity contribution in [3.05, 3.63) is 29.6 Å². The number of hydrogen-bond acceptors (Lipinski definition) is 4. The zero-order valence-corrected chi connectivity index (χ0v) is 11.9. The zero-order chi connectivity index (χ0) is 14.6. The third kappa shape index (κ3) is 3.99. The van der Waals surface area contributed by atoms with Crippen LogP contribution in [0, 0.1) is 0 Å². The van der Waals surface area contributed by atoms with Crippen molar-refractivity contribution < 1.29 is 9.59 Å². The van der Waals surface area contributed by atoms with Crippen LogP contribution in [-0.4, -0.2) is 59.3 Å². The smallest absolute Gasteiger partial charge is 0.272 e. The van der Waals surface area contributed by atoms with Gasteiger partial charge in [-0.25, -0.2) is 0 Å². The van der Waals surface area contributed by atoms with Gasteiger partial charge in [0.25, 0.3) is 5.91 Å². The molecule has 0 aromatic carbocycles. The largest absolute Gasteiger partial charge is 0.389 e. The molecule has 0 bridgehead atoms. The minimum absolute atomic E-state index is 0.00453. The quantitative estimate of drug-likeness (QED) is 0.778. The second-order valence-corrected chi connectivity index (χ2v) is 4.69. The van der Waals surface area contributed by atoms with Crippen LogP contribution in [-0.2, 0) is 4.79 Å². The van der Waals surface area contributed by atoms with Crippen molar-refractivity contribution in [2.75, 3.05) is 27.7 Å². The summed E-state index contributed by atoms with van der Waals surface area (Å²) in [5.41, 5.74) is 6.29. The SMILES string of the molecule is CN(C)C(=O)CN(C)C(=O)c1ccc(C(N)=S)cn1. The van der Waals surface area contributed by atoms with Crippen LogP contribution in [0.5, 0.6) is 0 Å². The first kappa shape index (κ1) is 15.0. The molecule has 0 atom stereocenters. The first-order chi connectivity index (χ1) is 8.82. The van der Waals surface area contributed by atoms with Crippen LogP contribution in [0.3, 0.4) is 0 Å². The van der Waals surface area contributed by atoms with Crippen molar-refractivity contribution in [3.63, 3.8) is 0 Å². The van der Waals surface area contributed by atoms with Crippen LogP contribution < -0.4 is 5.73 Å².